The van der Waals surface area contributed by atoms with Gasteiger partial charge in [-0.2, -0.15) is 0 Å². The molecule has 0 aromatic heterocycles. The molecular weight excluding hydrogens is 479 g/mol. The highest BCUT2D eigenvalue weighted by molar-refractivity contribution is 5.75. The number of hydrogen-bond acceptors (Lipinski definition) is 3. The first-order valence-electron chi connectivity index (χ1n) is 13.4. The number of ether oxygens (including phenoxy) is 2. The van der Waals surface area contributed by atoms with E-state index in [2.05, 4.69) is 39.0 Å². The van der Waals surface area contributed by atoms with Crippen LogP contribution in [0, 0.1) is 24.1 Å². The van der Waals surface area contributed by atoms with E-state index in [0.29, 0.717) is 12.2 Å². The number of halogens is 1. The summed E-state index contributed by atoms with van der Waals surface area (Å²) in [5, 5.41) is 9.73. The summed E-state index contributed by atoms with van der Waals surface area (Å²) in [5.74, 6) is -0.512. The summed E-state index contributed by atoms with van der Waals surface area (Å²) in [7, 11) is 1.70. The topological polar surface area (TPSA) is 55.8 Å². The van der Waals surface area contributed by atoms with E-state index in [0.717, 1.165) is 59.3 Å². The third kappa shape index (κ3) is 4.62. The molecule has 200 valence electrons. The molecule has 3 aromatic rings. The molecule has 2 aliphatic rings. The van der Waals surface area contributed by atoms with Crippen LogP contribution in [0.4, 0.5) is 4.39 Å². The SMILES string of the molecule is CO[C@@H](c1cc(COc2ccc3c(c2)[C@]2(CC3)CC[C@@H]2C(=O)O)ccc1-c1cc(C)ccc1F)C(C)(C)C. The van der Waals surface area contributed by atoms with Crippen molar-refractivity contribution in [1.29, 1.82) is 0 Å². The minimum atomic E-state index is -0.695. The molecule has 1 fully saturated rings. The largest absolute Gasteiger partial charge is 0.489 e. The van der Waals surface area contributed by atoms with Gasteiger partial charge >= 0.3 is 5.97 Å². The van der Waals surface area contributed by atoms with Crippen molar-refractivity contribution in [2.75, 3.05) is 7.11 Å². The van der Waals surface area contributed by atoms with E-state index in [-0.39, 0.29) is 28.7 Å². The van der Waals surface area contributed by atoms with Crippen LogP contribution in [0.15, 0.2) is 54.6 Å². The molecule has 0 radical (unpaired) electrons. The zero-order chi connectivity index (χ0) is 27.2. The molecule has 3 aromatic carbocycles. The van der Waals surface area contributed by atoms with E-state index in [1.54, 1.807) is 13.2 Å². The van der Waals surface area contributed by atoms with Gasteiger partial charge in [-0.25, -0.2) is 4.39 Å². The standard InChI is InChI=1S/C33H37FO4/c1-20-6-11-29(34)25(16-20)24-10-7-21(17-26(24)30(37-5)32(2,3)4)19-38-23-9-8-22-12-14-33(28(22)18-23)15-13-27(33)31(35)36/h6-11,16-18,27,30H,12-15,19H2,1-5H3,(H,35,36)/t27-,30+,33-/m1/s1. The molecule has 38 heavy (non-hydrogen) atoms. The van der Waals surface area contributed by atoms with Crippen LogP contribution in [0.5, 0.6) is 5.75 Å². The first-order valence-corrected chi connectivity index (χ1v) is 13.4. The quantitative estimate of drug-likeness (QED) is 0.348. The number of carbonyl (C=O) groups is 1. The maximum atomic E-state index is 15.0. The summed E-state index contributed by atoms with van der Waals surface area (Å²) < 4.78 is 27.2. The highest BCUT2D eigenvalue weighted by atomic mass is 19.1. The number of hydrogen-bond donors (Lipinski definition) is 1. The molecule has 3 atom stereocenters. The summed E-state index contributed by atoms with van der Waals surface area (Å²) in [6, 6.07) is 17.3. The maximum Gasteiger partial charge on any atom is 0.307 e. The zero-order valence-corrected chi connectivity index (χ0v) is 22.9. The Bertz CT molecular complexity index is 1370. The number of benzene rings is 3. The molecule has 1 spiro atoms. The summed E-state index contributed by atoms with van der Waals surface area (Å²) in [5.41, 5.74) is 6.21. The third-order valence-electron chi connectivity index (χ3n) is 8.54. The molecule has 1 saturated carbocycles. The van der Waals surface area contributed by atoms with Crippen molar-refractivity contribution < 1.29 is 23.8 Å². The highest BCUT2D eigenvalue weighted by Crippen LogP contribution is 2.57. The molecule has 0 amide bonds. The van der Waals surface area contributed by atoms with Crippen molar-refractivity contribution in [2.24, 2.45) is 11.3 Å². The van der Waals surface area contributed by atoms with Crippen LogP contribution >= 0.6 is 0 Å². The Hall–Kier alpha value is -3.18. The third-order valence-corrected chi connectivity index (χ3v) is 8.54. The lowest BCUT2D eigenvalue weighted by Crippen LogP contribution is -2.46. The van der Waals surface area contributed by atoms with Crippen LogP contribution in [-0.4, -0.2) is 18.2 Å². The Kier molecular flexibility index (Phi) is 6.85. The van der Waals surface area contributed by atoms with Crippen molar-refractivity contribution in [2.45, 2.75) is 71.5 Å². The Morgan fingerprint density at radius 2 is 1.87 bits per heavy atom. The summed E-state index contributed by atoms with van der Waals surface area (Å²) in [6.45, 7) is 8.66. The van der Waals surface area contributed by atoms with Gasteiger partial charge in [0.25, 0.3) is 0 Å². The Morgan fingerprint density at radius 3 is 2.53 bits per heavy atom. The van der Waals surface area contributed by atoms with Crippen molar-refractivity contribution in [1.82, 2.24) is 0 Å². The molecule has 5 heteroatoms. The van der Waals surface area contributed by atoms with Gasteiger partial charge in [0.1, 0.15) is 18.2 Å². The van der Waals surface area contributed by atoms with Crippen molar-refractivity contribution in [3.8, 4) is 16.9 Å². The molecular formula is C33H37FO4. The molecule has 4 nitrogen and oxygen atoms in total. The van der Waals surface area contributed by atoms with Crippen LogP contribution in [0.25, 0.3) is 11.1 Å². The number of carboxylic acids is 1. The summed E-state index contributed by atoms with van der Waals surface area (Å²) in [4.78, 5) is 11.8. The zero-order valence-electron chi connectivity index (χ0n) is 22.9. The smallest absolute Gasteiger partial charge is 0.307 e. The Morgan fingerprint density at radius 1 is 1.08 bits per heavy atom. The number of aryl methyl sites for hydroxylation is 2. The summed E-state index contributed by atoms with van der Waals surface area (Å²) in [6.07, 6.45) is 3.24. The second kappa shape index (κ2) is 9.85. The van der Waals surface area contributed by atoms with Crippen LogP contribution in [0.2, 0.25) is 0 Å². The van der Waals surface area contributed by atoms with E-state index in [1.807, 2.05) is 31.2 Å². The first-order chi connectivity index (χ1) is 18.0. The average Bonchev–Trinajstić information content (AvgIpc) is 3.24. The number of rotatable bonds is 7. The molecule has 0 saturated heterocycles. The minimum absolute atomic E-state index is 0.207. The molecule has 0 heterocycles. The molecule has 0 bridgehead atoms. The van der Waals surface area contributed by atoms with Crippen molar-refractivity contribution in [3.63, 3.8) is 0 Å². The van der Waals surface area contributed by atoms with Crippen molar-refractivity contribution >= 4 is 5.97 Å². The lowest BCUT2D eigenvalue weighted by atomic mass is 9.57. The van der Waals surface area contributed by atoms with Crippen LogP contribution in [-0.2, 0) is 28.0 Å². The fourth-order valence-electron chi connectivity index (χ4n) is 6.56. The number of aliphatic carboxylic acids is 1. The summed E-state index contributed by atoms with van der Waals surface area (Å²) >= 11 is 0. The van der Waals surface area contributed by atoms with E-state index < -0.39 is 5.97 Å². The van der Waals surface area contributed by atoms with Gasteiger partial charge in [0.05, 0.1) is 12.0 Å². The lowest BCUT2D eigenvalue weighted by Gasteiger charge is -2.45. The molecule has 2 aliphatic carbocycles. The van der Waals surface area contributed by atoms with Crippen LogP contribution in [0.1, 0.15) is 74.0 Å². The van der Waals surface area contributed by atoms with E-state index in [9.17, 15) is 14.3 Å². The second-order valence-electron chi connectivity index (χ2n) is 12.1. The maximum absolute atomic E-state index is 15.0. The fourth-order valence-corrected chi connectivity index (χ4v) is 6.56. The van der Waals surface area contributed by atoms with Gasteiger partial charge in [-0.3, -0.25) is 4.79 Å². The first kappa shape index (κ1) is 26.4. The average molecular weight is 517 g/mol. The van der Waals surface area contributed by atoms with Gasteiger partial charge in [0.2, 0.25) is 0 Å². The Labute approximate surface area is 224 Å². The van der Waals surface area contributed by atoms with Gasteiger partial charge in [-0.15, -0.1) is 0 Å². The predicted octanol–water partition coefficient (Wildman–Crippen LogP) is 7.79. The number of fused-ring (bicyclic) bond motifs is 2. The van der Waals surface area contributed by atoms with Gasteiger partial charge in [-0.1, -0.05) is 50.6 Å². The second-order valence-corrected chi connectivity index (χ2v) is 12.1. The van der Waals surface area contributed by atoms with E-state index in [1.165, 1.54) is 11.6 Å². The minimum Gasteiger partial charge on any atom is -0.489 e. The van der Waals surface area contributed by atoms with Gasteiger partial charge < -0.3 is 14.6 Å². The van der Waals surface area contributed by atoms with Gasteiger partial charge in [0.15, 0.2) is 0 Å². The Balaban J connectivity index is 1.45. The van der Waals surface area contributed by atoms with E-state index >= 15 is 0 Å². The van der Waals surface area contributed by atoms with E-state index in [4.69, 9.17) is 9.47 Å². The fraction of sp³-hybridized carbons (Fsp3) is 0.424. The molecule has 1 N–H and O–H groups in total. The van der Waals surface area contributed by atoms with Crippen LogP contribution < -0.4 is 4.74 Å². The van der Waals surface area contributed by atoms with Crippen molar-refractivity contribution in [3.05, 3.63) is 88.2 Å². The monoisotopic (exact) mass is 516 g/mol. The van der Waals surface area contributed by atoms with Crippen LogP contribution in [0.3, 0.4) is 0 Å². The highest BCUT2D eigenvalue weighted by Gasteiger charge is 2.54. The molecule has 5 rings (SSSR count). The van der Waals surface area contributed by atoms with Gasteiger partial charge in [0, 0.05) is 18.1 Å². The van der Waals surface area contributed by atoms with Gasteiger partial charge in [-0.05, 0) is 96.2 Å². The predicted molar refractivity (Wildman–Crippen MR) is 147 cm³/mol. The normalized spacial score (nSPS) is 21.2. The number of methoxy groups -OCH3 is 1. The lowest BCUT2D eigenvalue weighted by molar-refractivity contribution is -0.149. The molecule has 0 aliphatic heterocycles. The molecule has 0 unspecified atom stereocenters. The number of carboxylic acid groups (broad SMARTS) is 1.